The standard InChI is InChI=1S/C19H19FN4O2S/c1-13-3-9-16(10-4-13)26-11-17-22-23-19(24(17)2)27-12-18(25)21-15-7-5-14(20)6-8-15/h3-10H,11-12H2,1-2H3,(H,21,25). The Hall–Kier alpha value is -2.87. The molecule has 3 aromatic rings. The lowest BCUT2D eigenvalue weighted by atomic mass is 10.2. The van der Waals surface area contributed by atoms with Gasteiger partial charge in [0.2, 0.25) is 5.91 Å². The molecule has 0 aliphatic rings. The number of nitrogens with zero attached hydrogens (tertiary/aromatic N) is 3. The number of benzene rings is 2. The number of hydrogen-bond donors (Lipinski definition) is 1. The SMILES string of the molecule is Cc1ccc(OCc2nnc(SCC(=O)Nc3ccc(F)cc3)n2C)cc1. The maximum absolute atomic E-state index is 12.9. The zero-order valence-electron chi connectivity index (χ0n) is 15.0. The zero-order chi connectivity index (χ0) is 19.2. The Labute approximate surface area is 160 Å². The van der Waals surface area contributed by atoms with Crippen molar-refractivity contribution in [2.45, 2.75) is 18.7 Å². The van der Waals surface area contributed by atoms with Crippen LogP contribution in [0, 0.1) is 12.7 Å². The number of carbonyl (C=O) groups excluding carboxylic acids is 1. The van der Waals surface area contributed by atoms with E-state index in [9.17, 15) is 9.18 Å². The van der Waals surface area contributed by atoms with Gasteiger partial charge in [0.1, 0.15) is 18.2 Å². The van der Waals surface area contributed by atoms with Crippen molar-refractivity contribution in [2.24, 2.45) is 7.05 Å². The molecule has 0 atom stereocenters. The Morgan fingerprint density at radius 3 is 2.56 bits per heavy atom. The number of aromatic nitrogens is 3. The minimum Gasteiger partial charge on any atom is -0.486 e. The third kappa shape index (κ3) is 5.30. The van der Waals surface area contributed by atoms with Crippen molar-refractivity contribution in [3.8, 4) is 5.75 Å². The summed E-state index contributed by atoms with van der Waals surface area (Å²) in [5.74, 6) is 1.05. The number of carbonyl (C=O) groups is 1. The largest absolute Gasteiger partial charge is 0.486 e. The van der Waals surface area contributed by atoms with E-state index in [1.807, 2.05) is 38.2 Å². The summed E-state index contributed by atoms with van der Waals surface area (Å²) < 4.78 is 20.4. The molecular weight excluding hydrogens is 367 g/mol. The number of aryl methyl sites for hydroxylation is 1. The summed E-state index contributed by atoms with van der Waals surface area (Å²) in [4.78, 5) is 12.0. The van der Waals surface area contributed by atoms with Crippen LogP contribution >= 0.6 is 11.8 Å². The molecule has 1 amide bonds. The summed E-state index contributed by atoms with van der Waals surface area (Å²) in [6, 6.07) is 13.4. The highest BCUT2D eigenvalue weighted by molar-refractivity contribution is 7.99. The lowest BCUT2D eigenvalue weighted by molar-refractivity contribution is -0.113. The molecule has 1 N–H and O–H groups in total. The Morgan fingerprint density at radius 1 is 1.15 bits per heavy atom. The first-order chi connectivity index (χ1) is 13.0. The van der Waals surface area contributed by atoms with Crippen LogP contribution < -0.4 is 10.1 Å². The Balaban J connectivity index is 1.51. The van der Waals surface area contributed by atoms with Gasteiger partial charge < -0.3 is 14.6 Å². The van der Waals surface area contributed by atoms with Gasteiger partial charge in [-0.05, 0) is 43.3 Å². The quantitative estimate of drug-likeness (QED) is 0.629. The minimum absolute atomic E-state index is 0.169. The van der Waals surface area contributed by atoms with Gasteiger partial charge in [-0.15, -0.1) is 10.2 Å². The van der Waals surface area contributed by atoms with Crippen LogP contribution in [0.4, 0.5) is 10.1 Å². The van der Waals surface area contributed by atoms with Crippen molar-refractivity contribution >= 4 is 23.4 Å². The molecule has 0 spiro atoms. The molecule has 27 heavy (non-hydrogen) atoms. The van der Waals surface area contributed by atoms with E-state index in [1.165, 1.54) is 41.6 Å². The molecule has 0 fully saturated rings. The van der Waals surface area contributed by atoms with E-state index in [-0.39, 0.29) is 24.1 Å². The smallest absolute Gasteiger partial charge is 0.234 e. The normalized spacial score (nSPS) is 10.6. The monoisotopic (exact) mass is 386 g/mol. The molecule has 0 aliphatic heterocycles. The molecule has 0 bridgehead atoms. The number of anilines is 1. The van der Waals surface area contributed by atoms with Crippen molar-refractivity contribution < 1.29 is 13.9 Å². The molecule has 8 heteroatoms. The molecule has 0 unspecified atom stereocenters. The van der Waals surface area contributed by atoms with Crippen LogP contribution in [0.15, 0.2) is 53.7 Å². The first-order valence-corrected chi connectivity index (χ1v) is 9.26. The van der Waals surface area contributed by atoms with E-state index < -0.39 is 0 Å². The van der Waals surface area contributed by atoms with Crippen molar-refractivity contribution in [1.29, 1.82) is 0 Å². The topological polar surface area (TPSA) is 69.0 Å². The lowest BCUT2D eigenvalue weighted by Gasteiger charge is -2.07. The molecule has 0 saturated heterocycles. The number of rotatable bonds is 7. The van der Waals surface area contributed by atoms with E-state index in [2.05, 4.69) is 15.5 Å². The van der Waals surface area contributed by atoms with Crippen LogP contribution in [-0.4, -0.2) is 26.4 Å². The molecule has 2 aromatic carbocycles. The predicted octanol–water partition coefficient (Wildman–Crippen LogP) is 3.57. The minimum atomic E-state index is -0.346. The van der Waals surface area contributed by atoms with Gasteiger partial charge in [-0.25, -0.2) is 4.39 Å². The first kappa shape index (κ1) is 18.9. The van der Waals surface area contributed by atoms with Gasteiger partial charge in [0, 0.05) is 12.7 Å². The van der Waals surface area contributed by atoms with Gasteiger partial charge in [-0.3, -0.25) is 4.79 Å². The number of hydrogen-bond acceptors (Lipinski definition) is 5. The number of halogens is 1. The van der Waals surface area contributed by atoms with Gasteiger partial charge in [-0.2, -0.15) is 0 Å². The summed E-state index contributed by atoms with van der Waals surface area (Å²) in [5.41, 5.74) is 1.71. The summed E-state index contributed by atoms with van der Waals surface area (Å²) in [6.45, 7) is 2.30. The van der Waals surface area contributed by atoms with Crippen LogP contribution in [0.25, 0.3) is 0 Å². The third-order valence-corrected chi connectivity index (χ3v) is 4.79. The van der Waals surface area contributed by atoms with Gasteiger partial charge in [0.15, 0.2) is 11.0 Å². The van der Waals surface area contributed by atoms with Crippen molar-refractivity contribution in [2.75, 3.05) is 11.1 Å². The van der Waals surface area contributed by atoms with Crippen LogP contribution in [-0.2, 0) is 18.4 Å². The molecule has 6 nitrogen and oxygen atoms in total. The fraction of sp³-hybridized carbons (Fsp3) is 0.211. The Kier molecular flexibility index (Phi) is 6.08. The highest BCUT2D eigenvalue weighted by Gasteiger charge is 2.12. The molecule has 0 radical (unpaired) electrons. The molecular formula is C19H19FN4O2S. The zero-order valence-corrected chi connectivity index (χ0v) is 15.8. The van der Waals surface area contributed by atoms with E-state index >= 15 is 0 Å². The predicted molar refractivity (Wildman–Crippen MR) is 102 cm³/mol. The van der Waals surface area contributed by atoms with Crippen LogP contribution in [0.1, 0.15) is 11.4 Å². The maximum atomic E-state index is 12.9. The van der Waals surface area contributed by atoms with Crippen molar-refractivity contribution in [3.63, 3.8) is 0 Å². The van der Waals surface area contributed by atoms with Crippen molar-refractivity contribution in [3.05, 3.63) is 65.7 Å². The fourth-order valence-electron chi connectivity index (χ4n) is 2.24. The number of ether oxygens (including phenoxy) is 1. The summed E-state index contributed by atoms with van der Waals surface area (Å²) in [7, 11) is 1.83. The van der Waals surface area contributed by atoms with E-state index in [0.29, 0.717) is 16.7 Å². The second kappa shape index (κ2) is 8.68. The Morgan fingerprint density at radius 2 is 1.85 bits per heavy atom. The summed E-state index contributed by atoms with van der Waals surface area (Å²) >= 11 is 1.27. The molecule has 3 rings (SSSR count). The number of nitrogens with one attached hydrogen (secondary N) is 1. The van der Waals surface area contributed by atoms with Crippen LogP contribution in [0.2, 0.25) is 0 Å². The van der Waals surface area contributed by atoms with Crippen LogP contribution in [0.5, 0.6) is 5.75 Å². The molecule has 0 aliphatic carbocycles. The van der Waals surface area contributed by atoms with E-state index in [1.54, 1.807) is 4.57 Å². The summed E-state index contributed by atoms with van der Waals surface area (Å²) in [6.07, 6.45) is 0. The molecule has 1 heterocycles. The number of amides is 1. The summed E-state index contributed by atoms with van der Waals surface area (Å²) in [5, 5.41) is 11.5. The fourth-order valence-corrected chi connectivity index (χ4v) is 2.97. The van der Waals surface area contributed by atoms with Gasteiger partial charge in [-0.1, -0.05) is 29.5 Å². The second-order valence-electron chi connectivity index (χ2n) is 5.90. The lowest BCUT2D eigenvalue weighted by Crippen LogP contribution is -2.14. The average Bonchev–Trinajstić information content (AvgIpc) is 3.01. The first-order valence-electron chi connectivity index (χ1n) is 8.27. The van der Waals surface area contributed by atoms with E-state index in [4.69, 9.17) is 4.74 Å². The van der Waals surface area contributed by atoms with Crippen LogP contribution in [0.3, 0.4) is 0 Å². The van der Waals surface area contributed by atoms with E-state index in [0.717, 1.165) is 5.75 Å². The molecule has 140 valence electrons. The Bertz CT molecular complexity index is 910. The second-order valence-corrected chi connectivity index (χ2v) is 6.85. The maximum Gasteiger partial charge on any atom is 0.234 e. The molecule has 1 aromatic heterocycles. The highest BCUT2D eigenvalue weighted by atomic mass is 32.2. The highest BCUT2D eigenvalue weighted by Crippen LogP contribution is 2.18. The van der Waals surface area contributed by atoms with Gasteiger partial charge >= 0.3 is 0 Å². The third-order valence-electron chi connectivity index (χ3n) is 3.77. The van der Waals surface area contributed by atoms with Gasteiger partial charge in [0.25, 0.3) is 0 Å². The van der Waals surface area contributed by atoms with Gasteiger partial charge in [0.05, 0.1) is 5.75 Å². The molecule has 0 saturated carbocycles. The average molecular weight is 386 g/mol. The number of thioether (sulfide) groups is 1. The van der Waals surface area contributed by atoms with Crippen molar-refractivity contribution in [1.82, 2.24) is 14.8 Å².